The van der Waals surface area contributed by atoms with Crippen LogP contribution in [0, 0.1) is 0 Å². The van der Waals surface area contributed by atoms with Crippen molar-refractivity contribution < 1.29 is 4.79 Å². The fourth-order valence-electron chi connectivity index (χ4n) is 4.90. The van der Waals surface area contributed by atoms with E-state index in [9.17, 15) is 4.79 Å². The van der Waals surface area contributed by atoms with Crippen molar-refractivity contribution >= 4 is 27.5 Å². The van der Waals surface area contributed by atoms with Gasteiger partial charge >= 0.3 is 0 Å². The minimum absolute atomic E-state index is 0.237. The monoisotopic (exact) mass is 426 g/mol. The molecule has 1 unspecified atom stereocenters. The fourth-order valence-corrected chi connectivity index (χ4v) is 5.17. The molecule has 27 heavy (non-hydrogen) atoms. The van der Waals surface area contributed by atoms with Crippen molar-refractivity contribution in [3.63, 3.8) is 0 Å². The molecule has 4 rings (SSSR count). The van der Waals surface area contributed by atoms with E-state index in [1.54, 1.807) is 0 Å². The lowest BCUT2D eigenvalue weighted by Crippen LogP contribution is -2.54. The van der Waals surface area contributed by atoms with Gasteiger partial charge in [-0.25, -0.2) is 0 Å². The molecule has 3 nitrogen and oxygen atoms in total. The first-order chi connectivity index (χ1) is 13.0. The van der Waals surface area contributed by atoms with Gasteiger partial charge in [0.05, 0.1) is 0 Å². The molecule has 2 aromatic carbocycles. The Morgan fingerprint density at radius 1 is 0.889 bits per heavy atom. The lowest BCUT2D eigenvalue weighted by Gasteiger charge is -2.44. The first kappa shape index (κ1) is 18.5. The van der Waals surface area contributed by atoms with Crippen molar-refractivity contribution in [1.82, 2.24) is 4.90 Å². The molecule has 2 aliphatic rings. The number of hydrogen-bond acceptors (Lipinski definition) is 2. The van der Waals surface area contributed by atoms with Crippen molar-refractivity contribution in [1.29, 1.82) is 0 Å². The summed E-state index contributed by atoms with van der Waals surface area (Å²) in [5, 5.41) is 0. The maximum atomic E-state index is 13.7. The SMILES string of the molecule is CC1(C)N(C2CCCCC2)C(=O)C(c2ccccc2)N1c1ccc(Br)cc1. The van der Waals surface area contributed by atoms with Crippen LogP contribution in [-0.4, -0.2) is 22.5 Å². The number of benzene rings is 2. The number of rotatable bonds is 3. The predicted octanol–water partition coefficient (Wildman–Crippen LogP) is 5.91. The molecule has 0 N–H and O–H groups in total. The normalized spacial score (nSPS) is 23.1. The maximum Gasteiger partial charge on any atom is 0.252 e. The second kappa shape index (κ2) is 7.31. The van der Waals surface area contributed by atoms with Crippen molar-refractivity contribution in [3.8, 4) is 0 Å². The summed E-state index contributed by atoms with van der Waals surface area (Å²) >= 11 is 3.53. The summed E-state index contributed by atoms with van der Waals surface area (Å²) < 4.78 is 1.05. The Morgan fingerprint density at radius 3 is 2.15 bits per heavy atom. The lowest BCUT2D eigenvalue weighted by molar-refractivity contribution is -0.135. The molecule has 1 aliphatic heterocycles. The van der Waals surface area contributed by atoms with Crippen LogP contribution in [0.1, 0.15) is 57.6 Å². The summed E-state index contributed by atoms with van der Waals surface area (Å²) in [6.45, 7) is 4.40. The number of carbonyl (C=O) groups is 1. The Balaban J connectivity index is 1.81. The summed E-state index contributed by atoms with van der Waals surface area (Å²) in [6, 6.07) is 18.6. The van der Waals surface area contributed by atoms with Gasteiger partial charge in [0, 0.05) is 16.2 Å². The third kappa shape index (κ3) is 3.29. The molecule has 1 heterocycles. The molecule has 1 aliphatic carbocycles. The first-order valence-electron chi connectivity index (χ1n) is 9.93. The van der Waals surface area contributed by atoms with Gasteiger partial charge in [-0.05, 0) is 56.5 Å². The van der Waals surface area contributed by atoms with Gasteiger partial charge in [0.1, 0.15) is 11.7 Å². The van der Waals surface area contributed by atoms with Crippen LogP contribution in [0.4, 0.5) is 5.69 Å². The quantitative estimate of drug-likeness (QED) is 0.608. The van der Waals surface area contributed by atoms with Crippen LogP contribution in [0.15, 0.2) is 59.1 Å². The van der Waals surface area contributed by atoms with Gasteiger partial charge in [0.2, 0.25) is 0 Å². The highest BCUT2D eigenvalue weighted by atomic mass is 79.9. The van der Waals surface area contributed by atoms with Gasteiger partial charge in [0.25, 0.3) is 5.91 Å². The zero-order valence-corrected chi connectivity index (χ0v) is 17.7. The highest BCUT2D eigenvalue weighted by Crippen LogP contribution is 2.46. The first-order valence-corrected chi connectivity index (χ1v) is 10.7. The average molecular weight is 427 g/mol. The van der Waals surface area contributed by atoms with E-state index in [1.165, 1.54) is 19.3 Å². The number of nitrogens with zero attached hydrogens (tertiary/aromatic N) is 2. The van der Waals surface area contributed by atoms with Gasteiger partial charge in [-0.15, -0.1) is 0 Å². The second-order valence-corrected chi connectivity index (χ2v) is 9.07. The molecular formula is C23H27BrN2O. The molecule has 142 valence electrons. The van der Waals surface area contributed by atoms with Crippen LogP contribution >= 0.6 is 15.9 Å². The number of carbonyl (C=O) groups excluding carboxylic acids is 1. The molecule has 0 radical (unpaired) electrons. The second-order valence-electron chi connectivity index (χ2n) is 8.15. The van der Waals surface area contributed by atoms with E-state index in [1.807, 2.05) is 18.2 Å². The van der Waals surface area contributed by atoms with Gasteiger partial charge in [0.15, 0.2) is 0 Å². The average Bonchev–Trinajstić information content (AvgIpc) is 2.89. The van der Waals surface area contributed by atoms with Gasteiger partial charge in [-0.3, -0.25) is 4.79 Å². The molecular weight excluding hydrogens is 400 g/mol. The molecule has 0 spiro atoms. The van der Waals surface area contributed by atoms with Crippen LogP contribution in [-0.2, 0) is 4.79 Å². The van der Waals surface area contributed by atoms with E-state index in [2.05, 4.69) is 76.0 Å². The molecule has 1 saturated carbocycles. The lowest BCUT2D eigenvalue weighted by atomic mass is 9.92. The van der Waals surface area contributed by atoms with Crippen molar-refractivity contribution in [3.05, 3.63) is 64.6 Å². The standard InChI is InChI=1S/C23H27BrN2O/c1-23(2)25(20-15-13-18(24)14-16-20)21(17-9-5-3-6-10-17)22(27)26(23)19-11-7-4-8-12-19/h3,5-6,9-10,13-16,19,21H,4,7-8,11-12H2,1-2H3. The number of anilines is 1. The van der Waals surface area contributed by atoms with E-state index >= 15 is 0 Å². The molecule has 4 heteroatoms. The zero-order valence-electron chi connectivity index (χ0n) is 16.1. The van der Waals surface area contributed by atoms with Crippen LogP contribution in [0.2, 0.25) is 0 Å². The minimum atomic E-state index is -0.368. The number of amides is 1. The molecule has 1 saturated heterocycles. The fraction of sp³-hybridized carbons (Fsp3) is 0.435. The topological polar surface area (TPSA) is 23.6 Å². The zero-order chi connectivity index (χ0) is 19.0. The third-order valence-electron chi connectivity index (χ3n) is 6.07. The predicted molar refractivity (Wildman–Crippen MR) is 114 cm³/mol. The number of halogens is 1. The summed E-state index contributed by atoms with van der Waals surface area (Å²) in [6.07, 6.45) is 5.96. The van der Waals surface area contributed by atoms with E-state index in [0.29, 0.717) is 6.04 Å². The van der Waals surface area contributed by atoms with Crippen LogP contribution < -0.4 is 4.90 Å². The van der Waals surface area contributed by atoms with Crippen molar-refractivity contribution in [2.45, 2.75) is 63.7 Å². The molecule has 2 aromatic rings. The van der Waals surface area contributed by atoms with Crippen LogP contribution in [0.3, 0.4) is 0 Å². The Labute approximate surface area is 170 Å². The Bertz CT molecular complexity index is 797. The van der Waals surface area contributed by atoms with Crippen LogP contribution in [0.5, 0.6) is 0 Å². The van der Waals surface area contributed by atoms with Crippen LogP contribution in [0.25, 0.3) is 0 Å². The summed E-state index contributed by atoms with van der Waals surface area (Å²) in [4.78, 5) is 18.2. The maximum absolute atomic E-state index is 13.7. The Hall–Kier alpha value is -1.81. The minimum Gasteiger partial charge on any atom is -0.333 e. The smallest absolute Gasteiger partial charge is 0.252 e. The Morgan fingerprint density at radius 2 is 1.52 bits per heavy atom. The van der Waals surface area contributed by atoms with Crippen molar-refractivity contribution in [2.75, 3.05) is 4.90 Å². The van der Waals surface area contributed by atoms with Gasteiger partial charge < -0.3 is 9.80 Å². The largest absolute Gasteiger partial charge is 0.333 e. The molecule has 0 aromatic heterocycles. The third-order valence-corrected chi connectivity index (χ3v) is 6.60. The highest BCUT2D eigenvalue weighted by Gasteiger charge is 2.54. The van der Waals surface area contributed by atoms with Gasteiger partial charge in [-0.2, -0.15) is 0 Å². The molecule has 1 atom stereocenters. The highest BCUT2D eigenvalue weighted by molar-refractivity contribution is 9.10. The summed E-state index contributed by atoms with van der Waals surface area (Å²) in [5.41, 5.74) is 1.79. The molecule has 0 bridgehead atoms. The Kier molecular flexibility index (Phi) is 5.02. The molecule has 2 fully saturated rings. The van der Waals surface area contributed by atoms with E-state index in [-0.39, 0.29) is 17.6 Å². The van der Waals surface area contributed by atoms with Crippen molar-refractivity contribution in [2.24, 2.45) is 0 Å². The summed E-state index contributed by atoms with van der Waals surface area (Å²) in [7, 11) is 0. The van der Waals surface area contributed by atoms with E-state index in [4.69, 9.17) is 0 Å². The van der Waals surface area contributed by atoms with Gasteiger partial charge in [-0.1, -0.05) is 65.5 Å². The van der Waals surface area contributed by atoms with E-state index in [0.717, 1.165) is 28.6 Å². The molecule has 1 amide bonds. The number of hydrogen-bond donors (Lipinski definition) is 0. The van der Waals surface area contributed by atoms with E-state index < -0.39 is 0 Å². The summed E-state index contributed by atoms with van der Waals surface area (Å²) in [5.74, 6) is 0.237.